The molecule has 0 spiro atoms. The molecule has 0 aromatic heterocycles. The molecule has 0 saturated carbocycles. The van der Waals surface area contributed by atoms with E-state index in [4.69, 9.17) is 0 Å². The SMILES string of the molecule is CC1=CCC(O)C(C)(C)/C1=C/CC(C)O. The van der Waals surface area contributed by atoms with Crippen LogP contribution in [0.25, 0.3) is 0 Å². The summed E-state index contributed by atoms with van der Waals surface area (Å²) < 4.78 is 0. The molecule has 0 heterocycles. The summed E-state index contributed by atoms with van der Waals surface area (Å²) in [5.74, 6) is 0. The highest BCUT2D eigenvalue weighted by atomic mass is 16.3. The third-order valence-corrected chi connectivity index (χ3v) is 3.26. The van der Waals surface area contributed by atoms with Gasteiger partial charge in [-0.25, -0.2) is 0 Å². The average molecular weight is 210 g/mol. The van der Waals surface area contributed by atoms with E-state index in [1.807, 2.05) is 0 Å². The van der Waals surface area contributed by atoms with E-state index in [9.17, 15) is 10.2 Å². The van der Waals surface area contributed by atoms with Crippen molar-refractivity contribution in [1.82, 2.24) is 0 Å². The minimum absolute atomic E-state index is 0.201. The Balaban J connectivity index is 2.96. The standard InChI is InChI=1S/C13H22O2/c1-9-5-8-12(15)13(3,4)11(9)7-6-10(2)14/h5,7,10,12,14-15H,6,8H2,1-4H3/b11-7+. The third kappa shape index (κ3) is 2.70. The second-order valence-electron chi connectivity index (χ2n) is 5.06. The molecule has 0 aromatic rings. The molecular formula is C13H22O2. The van der Waals surface area contributed by atoms with Crippen LogP contribution in [0.4, 0.5) is 0 Å². The summed E-state index contributed by atoms with van der Waals surface area (Å²) in [5, 5.41) is 19.2. The highest BCUT2D eigenvalue weighted by Crippen LogP contribution is 2.40. The van der Waals surface area contributed by atoms with Gasteiger partial charge in [0, 0.05) is 5.41 Å². The van der Waals surface area contributed by atoms with Crippen molar-refractivity contribution in [1.29, 1.82) is 0 Å². The molecule has 2 heteroatoms. The predicted molar refractivity (Wildman–Crippen MR) is 62.5 cm³/mol. The minimum atomic E-state index is -0.319. The van der Waals surface area contributed by atoms with E-state index in [1.165, 1.54) is 11.1 Å². The molecule has 86 valence electrons. The lowest BCUT2D eigenvalue weighted by atomic mass is 9.71. The van der Waals surface area contributed by atoms with Crippen LogP contribution in [-0.4, -0.2) is 22.4 Å². The fourth-order valence-electron chi connectivity index (χ4n) is 2.09. The summed E-state index contributed by atoms with van der Waals surface area (Å²) in [7, 11) is 0. The number of rotatable bonds is 2. The molecule has 0 saturated heterocycles. The van der Waals surface area contributed by atoms with Crippen LogP contribution in [0.15, 0.2) is 23.3 Å². The van der Waals surface area contributed by atoms with Gasteiger partial charge in [0.25, 0.3) is 0 Å². The van der Waals surface area contributed by atoms with Crippen molar-refractivity contribution in [2.45, 2.75) is 52.7 Å². The van der Waals surface area contributed by atoms with E-state index >= 15 is 0 Å². The van der Waals surface area contributed by atoms with E-state index in [2.05, 4.69) is 32.9 Å². The molecule has 0 radical (unpaired) electrons. The van der Waals surface area contributed by atoms with Crippen LogP contribution < -0.4 is 0 Å². The first-order valence-electron chi connectivity index (χ1n) is 5.59. The first kappa shape index (κ1) is 12.5. The summed E-state index contributed by atoms with van der Waals surface area (Å²) >= 11 is 0. The van der Waals surface area contributed by atoms with Crippen LogP contribution in [0.1, 0.15) is 40.5 Å². The summed E-state index contributed by atoms with van der Waals surface area (Å²) in [5.41, 5.74) is 2.20. The molecule has 1 aliphatic rings. The summed E-state index contributed by atoms with van der Waals surface area (Å²) in [6, 6.07) is 0. The number of aliphatic hydroxyl groups is 2. The van der Waals surface area contributed by atoms with Gasteiger partial charge in [0.05, 0.1) is 12.2 Å². The Hall–Kier alpha value is -0.600. The topological polar surface area (TPSA) is 40.5 Å². The summed E-state index contributed by atoms with van der Waals surface area (Å²) in [6.07, 6.45) is 4.87. The molecule has 0 aromatic carbocycles. The molecular weight excluding hydrogens is 188 g/mol. The summed E-state index contributed by atoms with van der Waals surface area (Å²) in [4.78, 5) is 0. The van der Waals surface area contributed by atoms with E-state index < -0.39 is 0 Å². The van der Waals surface area contributed by atoms with Crippen LogP contribution in [0.2, 0.25) is 0 Å². The van der Waals surface area contributed by atoms with Gasteiger partial charge < -0.3 is 10.2 Å². The number of allylic oxidation sites excluding steroid dienone is 1. The Bertz CT molecular complexity index is 285. The van der Waals surface area contributed by atoms with Gasteiger partial charge in [-0.05, 0) is 32.3 Å². The van der Waals surface area contributed by atoms with Gasteiger partial charge in [0.15, 0.2) is 0 Å². The zero-order chi connectivity index (χ0) is 11.6. The lowest BCUT2D eigenvalue weighted by Gasteiger charge is -2.37. The van der Waals surface area contributed by atoms with Gasteiger partial charge in [-0.3, -0.25) is 0 Å². The van der Waals surface area contributed by atoms with E-state index in [-0.39, 0.29) is 17.6 Å². The van der Waals surface area contributed by atoms with Crippen molar-refractivity contribution in [3.8, 4) is 0 Å². The van der Waals surface area contributed by atoms with E-state index in [1.54, 1.807) is 6.92 Å². The smallest absolute Gasteiger partial charge is 0.0666 e. The van der Waals surface area contributed by atoms with Crippen LogP contribution in [0.3, 0.4) is 0 Å². The number of hydrogen-bond donors (Lipinski definition) is 2. The van der Waals surface area contributed by atoms with Crippen molar-refractivity contribution < 1.29 is 10.2 Å². The van der Waals surface area contributed by atoms with Crippen molar-refractivity contribution >= 4 is 0 Å². The molecule has 2 unspecified atom stereocenters. The minimum Gasteiger partial charge on any atom is -0.393 e. The van der Waals surface area contributed by atoms with Gasteiger partial charge in [-0.1, -0.05) is 31.6 Å². The lowest BCUT2D eigenvalue weighted by Crippen LogP contribution is -2.34. The molecule has 2 atom stereocenters. The molecule has 0 bridgehead atoms. The maximum Gasteiger partial charge on any atom is 0.0666 e. The molecule has 1 rings (SSSR count). The lowest BCUT2D eigenvalue weighted by molar-refractivity contribution is 0.0732. The fraction of sp³-hybridized carbons (Fsp3) is 0.692. The predicted octanol–water partition coefficient (Wildman–Crippen LogP) is 2.42. The Morgan fingerprint density at radius 3 is 2.73 bits per heavy atom. The maximum absolute atomic E-state index is 9.94. The molecule has 0 amide bonds. The Morgan fingerprint density at radius 2 is 2.20 bits per heavy atom. The van der Waals surface area contributed by atoms with Crippen molar-refractivity contribution in [2.24, 2.45) is 5.41 Å². The van der Waals surface area contributed by atoms with Gasteiger partial charge in [0.1, 0.15) is 0 Å². The zero-order valence-electron chi connectivity index (χ0n) is 10.1. The van der Waals surface area contributed by atoms with Crippen LogP contribution in [0, 0.1) is 5.41 Å². The fourth-order valence-corrected chi connectivity index (χ4v) is 2.09. The zero-order valence-corrected chi connectivity index (χ0v) is 10.1. The van der Waals surface area contributed by atoms with Crippen LogP contribution >= 0.6 is 0 Å². The molecule has 2 N–H and O–H groups in total. The normalized spacial score (nSPS) is 30.1. The van der Waals surface area contributed by atoms with Crippen LogP contribution in [0.5, 0.6) is 0 Å². The molecule has 15 heavy (non-hydrogen) atoms. The first-order chi connectivity index (χ1) is 6.85. The van der Waals surface area contributed by atoms with Crippen molar-refractivity contribution in [3.05, 3.63) is 23.3 Å². The van der Waals surface area contributed by atoms with Gasteiger partial charge in [0.2, 0.25) is 0 Å². The molecule has 2 nitrogen and oxygen atoms in total. The van der Waals surface area contributed by atoms with Gasteiger partial charge in [-0.2, -0.15) is 0 Å². The third-order valence-electron chi connectivity index (χ3n) is 3.26. The Morgan fingerprint density at radius 1 is 1.60 bits per heavy atom. The van der Waals surface area contributed by atoms with Crippen LogP contribution in [-0.2, 0) is 0 Å². The van der Waals surface area contributed by atoms with E-state index in [0.717, 1.165) is 6.42 Å². The summed E-state index contributed by atoms with van der Waals surface area (Å²) in [6.45, 7) is 7.97. The second-order valence-corrected chi connectivity index (χ2v) is 5.06. The number of aliphatic hydroxyl groups excluding tert-OH is 2. The first-order valence-corrected chi connectivity index (χ1v) is 5.59. The number of hydrogen-bond acceptors (Lipinski definition) is 2. The second kappa shape index (κ2) is 4.50. The highest BCUT2D eigenvalue weighted by molar-refractivity contribution is 5.38. The average Bonchev–Trinajstić information content (AvgIpc) is 2.11. The van der Waals surface area contributed by atoms with Gasteiger partial charge in [-0.15, -0.1) is 0 Å². The molecule has 0 fully saturated rings. The van der Waals surface area contributed by atoms with Gasteiger partial charge >= 0.3 is 0 Å². The molecule has 1 aliphatic carbocycles. The van der Waals surface area contributed by atoms with Crippen molar-refractivity contribution in [2.75, 3.05) is 0 Å². The monoisotopic (exact) mass is 210 g/mol. The largest absolute Gasteiger partial charge is 0.393 e. The molecule has 0 aliphatic heterocycles. The highest BCUT2D eigenvalue weighted by Gasteiger charge is 2.34. The Kier molecular flexibility index (Phi) is 3.74. The Labute approximate surface area is 92.3 Å². The van der Waals surface area contributed by atoms with E-state index in [0.29, 0.717) is 6.42 Å². The maximum atomic E-state index is 9.94. The van der Waals surface area contributed by atoms with Crippen molar-refractivity contribution in [3.63, 3.8) is 0 Å². The quantitative estimate of drug-likeness (QED) is 0.735.